The molecule has 1 nitrogen and oxygen atoms in total. The van der Waals surface area contributed by atoms with Gasteiger partial charge in [-0.1, -0.05) is 29.3 Å². The number of ether oxygens (including phenoxy) is 1. The highest BCUT2D eigenvalue weighted by Crippen LogP contribution is 2.32. The second-order valence-electron chi connectivity index (χ2n) is 2.80. The van der Waals surface area contributed by atoms with E-state index in [2.05, 4.69) is 6.58 Å². The third kappa shape index (κ3) is 2.66. The summed E-state index contributed by atoms with van der Waals surface area (Å²) in [6, 6.07) is 3.53. The highest BCUT2D eigenvalue weighted by atomic mass is 35.5. The Bertz CT molecular complexity index is 334. The molecule has 1 aromatic rings. The Morgan fingerprint density at radius 1 is 1.43 bits per heavy atom. The lowest BCUT2D eigenvalue weighted by atomic mass is 10.1. The molecule has 0 spiro atoms. The van der Waals surface area contributed by atoms with Gasteiger partial charge in [0.2, 0.25) is 0 Å². The van der Waals surface area contributed by atoms with Crippen molar-refractivity contribution in [2.45, 2.75) is 13.3 Å². The van der Waals surface area contributed by atoms with Gasteiger partial charge in [-0.15, -0.1) is 6.58 Å². The predicted molar refractivity (Wildman–Crippen MR) is 61.5 cm³/mol. The molecule has 0 aromatic heterocycles. The van der Waals surface area contributed by atoms with Crippen molar-refractivity contribution in [3.63, 3.8) is 0 Å². The molecule has 0 aliphatic rings. The molecule has 0 heterocycles. The predicted octanol–water partition coefficient (Wildman–Crippen LogP) is 4.12. The van der Waals surface area contributed by atoms with Gasteiger partial charge in [0.15, 0.2) is 0 Å². The molecule has 1 rings (SSSR count). The van der Waals surface area contributed by atoms with Gasteiger partial charge < -0.3 is 4.74 Å². The lowest BCUT2D eigenvalue weighted by molar-refractivity contribution is 0.337. The van der Waals surface area contributed by atoms with Crippen LogP contribution in [0.3, 0.4) is 0 Å². The Morgan fingerprint density at radius 3 is 2.71 bits per heavy atom. The fourth-order valence-electron chi connectivity index (χ4n) is 1.23. The number of allylic oxidation sites excluding steroid dienone is 1. The topological polar surface area (TPSA) is 9.23 Å². The van der Waals surface area contributed by atoms with E-state index < -0.39 is 0 Å². The van der Waals surface area contributed by atoms with E-state index >= 15 is 0 Å². The monoisotopic (exact) mass is 230 g/mol. The summed E-state index contributed by atoms with van der Waals surface area (Å²) in [6.07, 6.45) is 2.50. The summed E-state index contributed by atoms with van der Waals surface area (Å²) in [5.41, 5.74) is 0.972. The lowest BCUT2D eigenvalue weighted by Gasteiger charge is -2.11. The second-order valence-corrected chi connectivity index (χ2v) is 3.65. The quantitative estimate of drug-likeness (QED) is 0.708. The maximum atomic E-state index is 6.01. The molecule has 0 atom stereocenters. The van der Waals surface area contributed by atoms with Crippen molar-refractivity contribution < 1.29 is 4.74 Å². The number of hydrogen-bond acceptors (Lipinski definition) is 1. The van der Waals surface area contributed by atoms with Crippen molar-refractivity contribution in [1.29, 1.82) is 0 Å². The van der Waals surface area contributed by atoms with Crippen LogP contribution in [0.1, 0.15) is 12.5 Å². The zero-order valence-electron chi connectivity index (χ0n) is 8.02. The van der Waals surface area contributed by atoms with Gasteiger partial charge >= 0.3 is 0 Å². The normalized spacial score (nSPS) is 9.93. The van der Waals surface area contributed by atoms with Crippen LogP contribution in [0.15, 0.2) is 24.8 Å². The first-order valence-electron chi connectivity index (χ1n) is 4.40. The molecule has 0 saturated carbocycles. The molecule has 1 aromatic carbocycles. The number of hydrogen-bond donors (Lipinski definition) is 0. The van der Waals surface area contributed by atoms with Crippen molar-refractivity contribution in [1.82, 2.24) is 0 Å². The van der Waals surface area contributed by atoms with Crippen LogP contribution < -0.4 is 4.74 Å². The van der Waals surface area contributed by atoms with E-state index in [1.807, 2.05) is 13.0 Å². The third-order valence-corrected chi connectivity index (χ3v) is 2.24. The first kappa shape index (κ1) is 11.4. The van der Waals surface area contributed by atoms with Crippen LogP contribution in [0.2, 0.25) is 10.0 Å². The number of halogens is 2. The molecule has 0 unspecified atom stereocenters. The van der Waals surface area contributed by atoms with E-state index in [9.17, 15) is 0 Å². The average Bonchev–Trinajstić information content (AvgIpc) is 2.11. The van der Waals surface area contributed by atoms with E-state index in [-0.39, 0.29) is 0 Å². The molecule has 3 heteroatoms. The Kier molecular flexibility index (Phi) is 4.30. The largest absolute Gasteiger partial charge is 0.492 e. The van der Waals surface area contributed by atoms with Crippen LogP contribution in [0.5, 0.6) is 5.75 Å². The van der Waals surface area contributed by atoms with E-state index in [1.165, 1.54) is 0 Å². The molecule has 0 bridgehead atoms. The fourth-order valence-corrected chi connectivity index (χ4v) is 1.82. The van der Waals surface area contributed by atoms with Crippen LogP contribution in [-0.2, 0) is 6.42 Å². The smallest absolute Gasteiger partial charge is 0.141 e. The van der Waals surface area contributed by atoms with Gasteiger partial charge in [0.1, 0.15) is 5.75 Å². The Labute approximate surface area is 94.3 Å². The maximum Gasteiger partial charge on any atom is 0.141 e. The molecule has 14 heavy (non-hydrogen) atoms. The molecule has 0 amide bonds. The molecule has 0 aliphatic heterocycles. The van der Waals surface area contributed by atoms with Crippen LogP contribution in [0, 0.1) is 0 Å². The number of benzene rings is 1. The van der Waals surface area contributed by atoms with E-state index in [0.717, 1.165) is 5.56 Å². The van der Waals surface area contributed by atoms with E-state index in [1.54, 1.807) is 12.1 Å². The summed E-state index contributed by atoms with van der Waals surface area (Å²) >= 11 is 11.9. The van der Waals surface area contributed by atoms with Crippen LogP contribution in [0.4, 0.5) is 0 Å². The Balaban J connectivity index is 3.13. The molecule has 0 radical (unpaired) electrons. The molecule has 76 valence electrons. The van der Waals surface area contributed by atoms with Gasteiger partial charge in [0, 0.05) is 10.6 Å². The summed E-state index contributed by atoms with van der Waals surface area (Å²) in [5, 5.41) is 1.17. The second kappa shape index (κ2) is 5.28. The fraction of sp³-hybridized carbons (Fsp3) is 0.273. The minimum absolute atomic E-state index is 0.552. The third-order valence-electron chi connectivity index (χ3n) is 1.74. The standard InChI is InChI=1S/C11H12Cl2O/c1-3-5-8-6-9(12)7-10(13)11(8)14-4-2/h3,6-7H,1,4-5H2,2H3. The molecular formula is C11H12Cl2O. The van der Waals surface area contributed by atoms with Gasteiger partial charge in [-0.3, -0.25) is 0 Å². The minimum Gasteiger partial charge on any atom is -0.492 e. The van der Waals surface area contributed by atoms with Crippen molar-refractivity contribution in [2.75, 3.05) is 6.61 Å². The van der Waals surface area contributed by atoms with E-state index in [4.69, 9.17) is 27.9 Å². The SMILES string of the molecule is C=CCc1cc(Cl)cc(Cl)c1OCC. The first-order chi connectivity index (χ1) is 6.69. The van der Waals surface area contributed by atoms with Crippen molar-refractivity contribution in [3.05, 3.63) is 40.4 Å². The summed E-state index contributed by atoms with van der Waals surface area (Å²) in [4.78, 5) is 0. The molecule has 0 fully saturated rings. The first-order valence-corrected chi connectivity index (χ1v) is 5.16. The van der Waals surface area contributed by atoms with Crippen molar-refractivity contribution in [3.8, 4) is 5.75 Å². The van der Waals surface area contributed by atoms with Crippen molar-refractivity contribution in [2.24, 2.45) is 0 Å². The highest BCUT2D eigenvalue weighted by Gasteiger charge is 2.08. The van der Waals surface area contributed by atoms with Gasteiger partial charge in [-0.2, -0.15) is 0 Å². The number of rotatable bonds is 4. The molecule has 0 aliphatic carbocycles. The summed E-state index contributed by atoms with van der Waals surface area (Å²) < 4.78 is 5.44. The van der Waals surface area contributed by atoms with Crippen molar-refractivity contribution >= 4 is 23.2 Å². The van der Waals surface area contributed by atoms with E-state index in [0.29, 0.717) is 28.8 Å². The van der Waals surface area contributed by atoms with Gasteiger partial charge in [0.05, 0.1) is 11.6 Å². The highest BCUT2D eigenvalue weighted by molar-refractivity contribution is 6.35. The molecular weight excluding hydrogens is 219 g/mol. The molecule has 0 N–H and O–H groups in total. The van der Waals surface area contributed by atoms with Crippen LogP contribution in [0.25, 0.3) is 0 Å². The summed E-state index contributed by atoms with van der Waals surface area (Å²) in [5.74, 6) is 0.707. The maximum absolute atomic E-state index is 6.01. The van der Waals surface area contributed by atoms with Gasteiger partial charge in [-0.05, 0) is 25.5 Å². The molecule has 0 saturated heterocycles. The summed E-state index contributed by atoms with van der Waals surface area (Å²) in [6.45, 7) is 6.18. The Morgan fingerprint density at radius 2 is 2.14 bits per heavy atom. The van der Waals surface area contributed by atoms with Gasteiger partial charge in [0.25, 0.3) is 0 Å². The zero-order chi connectivity index (χ0) is 10.6. The van der Waals surface area contributed by atoms with Crippen LogP contribution >= 0.6 is 23.2 Å². The zero-order valence-corrected chi connectivity index (χ0v) is 9.53. The summed E-state index contributed by atoms with van der Waals surface area (Å²) in [7, 11) is 0. The lowest BCUT2D eigenvalue weighted by Crippen LogP contribution is -1.97. The van der Waals surface area contributed by atoms with Crippen LogP contribution in [-0.4, -0.2) is 6.61 Å². The Hall–Kier alpha value is -0.660. The van der Waals surface area contributed by atoms with Gasteiger partial charge in [-0.25, -0.2) is 0 Å². The minimum atomic E-state index is 0.552. The average molecular weight is 231 g/mol.